The van der Waals surface area contributed by atoms with Crippen molar-refractivity contribution in [1.29, 1.82) is 0 Å². The standard InChI is InChI=1S/C15H22N2O4/c1-2-20-15(19)7-4-8-17-14(18)11-21-13-6-3-5-12(9-13)10-16/h3,5-6,9H,2,4,7-8,10-11,16H2,1H3,(H,17,18). The highest BCUT2D eigenvalue weighted by Gasteiger charge is 2.05. The molecule has 0 aliphatic heterocycles. The van der Waals surface area contributed by atoms with Crippen molar-refractivity contribution in [2.45, 2.75) is 26.3 Å². The molecule has 0 atom stereocenters. The van der Waals surface area contributed by atoms with E-state index >= 15 is 0 Å². The number of carbonyl (C=O) groups is 2. The van der Waals surface area contributed by atoms with Crippen molar-refractivity contribution in [3.8, 4) is 5.75 Å². The van der Waals surface area contributed by atoms with E-state index in [1.807, 2.05) is 12.1 Å². The second-order valence-electron chi connectivity index (χ2n) is 4.40. The van der Waals surface area contributed by atoms with Crippen LogP contribution in [0.25, 0.3) is 0 Å². The van der Waals surface area contributed by atoms with Gasteiger partial charge in [0.25, 0.3) is 5.91 Å². The van der Waals surface area contributed by atoms with Gasteiger partial charge in [-0.25, -0.2) is 0 Å². The average molecular weight is 294 g/mol. The lowest BCUT2D eigenvalue weighted by molar-refractivity contribution is -0.143. The van der Waals surface area contributed by atoms with E-state index in [0.717, 1.165) is 5.56 Å². The molecule has 0 heterocycles. The maximum atomic E-state index is 11.6. The molecule has 0 bridgehead atoms. The number of amides is 1. The zero-order chi connectivity index (χ0) is 15.5. The van der Waals surface area contributed by atoms with Gasteiger partial charge in [0.05, 0.1) is 6.61 Å². The van der Waals surface area contributed by atoms with Crippen LogP contribution in [0.2, 0.25) is 0 Å². The topological polar surface area (TPSA) is 90.6 Å². The van der Waals surface area contributed by atoms with E-state index in [9.17, 15) is 9.59 Å². The lowest BCUT2D eigenvalue weighted by Crippen LogP contribution is -2.30. The Labute approximate surface area is 124 Å². The first-order valence-electron chi connectivity index (χ1n) is 6.99. The molecule has 0 fully saturated rings. The highest BCUT2D eigenvalue weighted by Crippen LogP contribution is 2.12. The van der Waals surface area contributed by atoms with Gasteiger partial charge in [-0.05, 0) is 31.0 Å². The fraction of sp³-hybridized carbons (Fsp3) is 0.467. The minimum Gasteiger partial charge on any atom is -0.484 e. The highest BCUT2D eigenvalue weighted by molar-refractivity contribution is 5.77. The first kappa shape index (κ1) is 17.0. The molecule has 0 aliphatic rings. The average Bonchev–Trinajstić information content (AvgIpc) is 2.50. The van der Waals surface area contributed by atoms with Crippen LogP contribution < -0.4 is 15.8 Å². The lowest BCUT2D eigenvalue weighted by Gasteiger charge is -2.08. The van der Waals surface area contributed by atoms with Crippen molar-refractivity contribution in [2.75, 3.05) is 19.8 Å². The molecule has 6 nitrogen and oxygen atoms in total. The van der Waals surface area contributed by atoms with Gasteiger partial charge in [0, 0.05) is 19.5 Å². The van der Waals surface area contributed by atoms with E-state index in [-0.39, 0.29) is 18.5 Å². The minimum absolute atomic E-state index is 0.0621. The minimum atomic E-state index is -0.249. The number of ether oxygens (including phenoxy) is 2. The Morgan fingerprint density at radius 3 is 2.86 bits per heavy atom. The van der Waals surface area contributed by atoms with E-state index in [4.69, 9.17) is 15.2 Å². The van der Waals surface area contributed by atoms with Crippen LogP contribution in [0.5, 0.6) is 5.75 Å². The van der Waals surface area contributed by atoms with Gasteiger partial charge < -0.3 is 20.5 Å². The quantitative estimate of drug-likeness (QED) is 0.523. The summed E-state index contributed by atoms with van der Waals surface area (Å²) in [6.45, 7) is 2.92. The summed E-state index contributed by atoms with van der Waals surface area (Å²) in [5.74, 6) is 0.137. The Kier molecular flexibility index (Phi) is 7.89. The number of hydrogen-bond acceptors (Lipinski definition) is 5. The predicted octanol–water partition coefficient (Wildman–Crippen LogP) is 0.984. The number of hydrogen-bond donors (Lipinski definition) is 2. The number of nitrogens with two attached hydrogens (primary N) is 1. The Balaban J connectivity index is 2.17. The van der Waals surface area contributed by atoms with Gasteiger partial charge in [0.15, 0.2) is 6.61 Å². The van der Waals surface area contributed by atoms with Gasteiger partial charge in [-0.1, -0.05) is 12.1 Å². The summed E-state index contributed by atoms with van der Waals surface area (Å²) in [4.78, 5) is 22.7. The molecule has 0 unspecified atom stereocenters. The van der Waals surface area contributed by atoms with E-state index in [2.05, 4.69) is 5.32 Å². The number of nitrogens with one attached hydrogen (secondary N) is 1. The van der Waals surface area contributed by atoms with Crippen LogP contribution in [0.3, 0.4) is 0 Å². The van der Waals surface area contributed by atoms with E-state index in [0.29, 0.717) is 38.3 Å². The highest BCUT2D eigenvalue weighted by atomic mass is 16.5. The first-order valence-corrected chi connectivity index (χ1v) is 6.99. The second kappa shape index (κ2) is 9.77. The zero-order valence-electron chi connectivity index (χ0n) is 12.3. The Morgan fingerprint density at radius 2 is 2.14 bits per heavy atom. The molecule has 0 radical (unpaired) electrons. The van der Waals surface area contributed by atoms with E-state index in [1.165, 1.54) is 0 Å². The smallest absolute Gasteiger partial charge is 0.305 e. The molecule has 116 valence electrons. The van der Waals surface area contributed by atoms with E-state index < -0.39 is 0 Å². The SMILES string of the molecule is CCOC(=O)CCCNC(=O)COc1cccc(CN)c1. The third-order valence-corrected chi connectivity index (χ3v) is 2.69. The Hall–Kier alpha value is -2.08. The van der Waals surface area contributed by atoms with E-state index in [1.54, 1.807) is 19.1 Å². The van der Waals surface area contributed by atoms with Crippen molar-refractivity contribution < 1.29 is 19.1 Å². The summed E-state index contributed by atoms with van der Waals surface area (Å²) in [6, 6.07) is 7.29. The van der Waals surface area contributed by atoms with Crippen molar-refractivity contribution >= 4 is 11.9 Å². The number of benzene rings is 1. The predicted molar refractivity (Wildman–Crippen MR) is 78.7 cm³/mol. The molecule has 0 saturated carbocycles. The van der Waals surface area contributed by atoms with Gasteiger partial charge in [0.2, 0.25) is 0 Å². The second-order valence-corrected chi connectivity index (χ2v) is 4.40. The van der Waals surface area contributed by atoms with Crippen molar-refractivity contribution in [2.24, 2.45) is 5.73 Å². The molecule has 1 aromatic rings. The van der Waals surface area contributed by atoms with Crippen LogP contribution in [0.4, 0.5) is 0 Å². The van der Waals surface area contributed by atoms with Crippen molar-refractivity contribution in [3.63, 3.8) is 0 Å². The third-order valence-electron chi connectivity index (χ3n) is 2.69. The zero-order valence-corrected chi connectivity index (χ0v) is 12.3. The summed E-state index contributed by atoms with van der Waals surface area (Å²) < 4.78 is 10.2. The normalized spacial score (nSPS) is 10.0. The third kappa shape index (κ3) is 7.31. The Morgan fingerprint density at radius 1 is 1.33 bits per heavy atom. The molecule has 0 aliphatic carbocycles. The van der Waals surface area contributed by atoms with Gasteiger partial charge in [0.1, 0.15) is 5.75 Å². The maximum absolute atomic E-state index is 11.6. The monoisotopic (exact) mass is 294 g/mol. The molecular formula is C15H22N2O4. The first-order chi connectivity index (χ1) is 10.2. The molecule has 1 aromatic carbocycles. The van der Waals surface area contributed by atoms with Crippen LogP contribution in [0.1, 0.15) is 25.3 Å². The van der Waals surface area contributed by atoms with Gasteiger partial charge in [-0.2, -0.15) is 0 Å². The summed E-state index contributed by atoms with van der Waals surface area (Å²) in [5.41, 5.74) is 6.48. The fourth-order valence-electron chi connectivity index (χ4n) is 1.66. The van der Waals surface area contributed by atoms with Crippen LogP contribution >= 0.6 is 0 Å². The molecule has 1 amide bonds. The molecule has 3 N–H and O–H groups in total. The molecule has 6 heteroatoms. The molecule has 0 saturated heterocycles. The van der Waals surface area contributed by atoms with Crippen LogP contribution in [0.15, 0.2) is 24.3 Å². The molecule has 0 aromatic heterocycles. The molecule has 1 rings (SSSR count). The Bertz CT molecular complexity index is 463. The van der Waals surface area contributed by atoms with Crippen LogP contribution in [0, 0.1) is 0 Å². The summed E-state index contributed by atoms with van der Waals surface area (Å²) in [7, 11) is 0. The molecule has 21 heavy (non-hydrogen) atoms. The summed E-state index contributed by atoms with van der Waals surface area (Å²) in [6.07, 6.45) is 0.848. The van der Waals surface area contributed by atoms with Crippen LogP contribution in [-0.2, 0) is 20.9 Å². The van der Waals surface area contributed by atoms with Gasteiger partial charge >= 0.3 is 5.97 Å². The molecule has 0 spiro atoms. The largest absolute Gasteiger partial charge is 0.484 e. The summed E-state index contributed by atoms with van der Waals surface area (Å²) in [5, 5.41) is 2.68. The van der Waals surface area contributed by atoms with Crippen molar-refractivity contribution in [3.05, 3.63) is 29.8 Å². The van der Waals surface area contributed by atoms with Crippen LogP contribution in [-0.4, -0.2) is 31.6 Å². The summed E-state index contributed by atoms with van der Waals surface area (Å²) >= 11 is 0. The van der Waals surface area contributed by atoms with Gasteiger partial charge in [-0.3, -0.25) is 9.59 Å². The van der Waals surface area contributed by atoms with Gasteiger partial charge in [-0.15, -0.1) is 0 Å². The number of esters is 1. The maximum Gasteiger partial charge on any atom is 0.305 e. The lowest BCUT2D eigenvalue weighted by atomic mass is 10.2. The molecular weight excluding hydrogens is 272 g/mol. The number of carbonyl (C=O) groups excluding carboxylic acids is 2. The fourth-order valence-corrected chi connectivity index (χ4v) is 1.66. The number of rotatable bonds is 9. The van der Waals surface area contributed by atoms with Crippen molar-refractivity contribution in [1.82, 2.24) is 5.32 Å².